The van der Waals surface area contributed by atoms with Crippen LogP contribution < -0.4 is 10.6 Å². The van der Waals surface area contributed by atoms with E-state index < -0.39 is 12.1 Å². The minimum Gasteiger partial charge on any atom is -0.323 e. The van der Waals surface area contributed by atoms with Crippen LogP contribution >= 0.6 is 0 Å². The average Bonchev–Trinajstić information content (AvgIpc) is 3.24. The van der Waals surface area contributed by atoms with Gasteiger partial charge in [-0.1, -0.05) is 60.7 Å². The van der Waals surface area contributed by atoms with Crippen LogP contribution in [-0.4, -0.2) is 27.5 Å². The number of hydrogen-bond donors (Lipinski definition) is 2. The number of nitrogens with one attached hydrogen (secondary N) is 2. The van der Waals surface area contributed by atoms with Gasteiger partial charge in [-0.15, -0.1) is 0 Å². The smallest absolute Gasteiger partial charge is 0.323 e. The first-order valence-corrected chi connectivity index (χ1v) is 9.82. The molecule has 0 atom stereocenters. The number of halogens is 3. The molecule has 0 aliphatic rings. The fraction of sp³-hybridized carbons (Fsp3) is 0.0417. The van der Waals surface area contributed by atoms with Crippen molar-refractivity contribution in [2.24, 2.45) is 0 Å². The van der Waals surface area contributed by atoms with Gasteiger partial charge in [-0.25, -0.2) is 4.98 Å². The number of anilines is 3. The van der Waals surface area contributed by atoms with Crippen molar-refractivity contribution in [3.05, 3.63) is 96.7 Å². The van der Waals surface area contributed by atoms with E-state index in [4.69, 9.17) is 0 Å². The van der Waals surface area contributed by atoms with Crippen LogP contribution in [0.15, 0.2) is 91.1 Å². The number of carbonyl (C=O) groups excluding carboxylic acids is 2. The lowest BCUT2D eigenvalue weighted by molar-refractivity contribution is -0.167. The Morgan fingerprint density at radius 3 is 2.00 bits per heavy atom. The van der Waals surface area contributed by atoms with Crippen LogP contribution in [0.5, 0.6) is 0 Å². The molecule has 4 aromatic rings. The summed E-state index contributed by atoms with van der Waals surface area (Å²) in [5, 5.41) is 4.73. The molecule has 1 amide bonds. The third-order valence-corrected chi connectivity index (χ3v) is 4.69. The fourth-order valence-electron chi connectivity index (χ4n) is 3.11. The maximum atomic E-state index is 13.2. The van der Waals surface area contributed by atoms with E-state index in [2.05, 4.69) is 10.3 Å². The summed E-state index contributed by atoms with van der Waals surface area (Å²) < 4.78 is 39.5. The molecule has 3 aromatic carbocycles. The number of aromatic nitrogens is 2. The lowest BCUT2D eigenvalue weighted by Crippen LogP contribution is -2.30. The van der Waals surface area contributed by atoms with Gasteiger partial charge in [0.1, 0.15) is 0 Å². The van der Waals surface area contributed by atoms with Crippen LogP contribution in [0.25, 0.3) is 11.3 Å². The second-order valence-electron chi connectivity index (χ2n) is 6.98. The minimum atomic E-state index is -5.05. The molecule has 0 radical (unpaired) electrons. The Bertz CT molecular complexity index is 1290. The number of alkyl halides is 3. The van der Waals surface area contributed by atoms with Crippen molar-refractivity contribution in [1.29, 1.82) is 0 Å². The zero-order chi connectivity index (χ0) is 23.4. The summed E-state index contributed by atoms with van der Waals surface area (Å²) in [7, 11) is 0. The zero-order valence-corrected chi connectivity index (χ0v) is 17.0. The molecule has 166 valence electrons. The molecule has 1 aromatic heterocycles. The van der Waals surface area contributed by atoms with Crippen molar-refractivity contribution >= 4 is 29.1 Å². The second-order valence-corrected chi connectivity index (χ2v) is 6.98. The molecular weight excluding hydrogens is 433 g/mol. The molecule has 0 saturated heterocycles. The van der Waals surface area contributed by atoms with Gasteiger partial charge in [-0.05, 0) is 24.3 Å². The van der Waals surface area contributed by atoms with Gasteiger partial charge in [0.15, 0.2) is 0 Å². The van der Waals surface area contributed by atoms with Gasteiger partial charge in [0.2, 0.25) is 5.95 Å². The highest BCUT2D eigenvalue weighted by Crippen LogP contribution is 2.29. The summed E-state index contributed by atoms with van der Waals surface area (Å²) >= 11 is 0. The first-order chi connectivity index (χ1) is 15.8. The van der Waals surface area contributed by atoms with Gasteiger partial charge in [-0.2, -0.15) is 13.2 Å². The Hall–Kier alpha value is -4.40. The molecule has 4 rings (SSSR count). The quantitative estimate of drug-likeness (QED) is 0.422. The molecule has 0 saturated carbocycles. The predicted molar refractivity (Wildman–Crippen MR) is 118 cm³/mol. The molecule has 0 spiro atoms. The first kappa shape index (κ1) is 21.8. The van der Waals surface area contributed by atoms with Crippen molar-refractivity contribution in [3.63, 3.8) is 0 Å². The first-order valence-electron chi connectivity index (χ1n) is 9.82. The summed E-state index contributed by atoms with van der Waals surface area (Å²) in [5.74, 6) is -2.41. The third-order valence-electron chi connectivity index (χ3n) is 4.69. The van der Waals surface area contributed by atoms with Crippen LogP contribution in [0.2, 0.25) is 0 Å². The fourth-order valence-corrected chi connectivity index (χ4v) is 3.11. The highest BCUT2D eigenvalue weighted by Gasteiger charge is 2.39. The number of carbonyl (C=O) groups is 2. The molecule has 2 N–H and O–H groups in total. The molecule has 0 fully saturated rings. The lowest BCUT2D eigenvalue weighted by atomic mass is 10.2. The van der Waals surface area contributed by atoms with Gasteiger partial charge >= 0.3 is 12.1 Å². The summed E-state index contributed by atoms with van der Waals surface area (Å²) in [6, 6.07) is 23.5. The molecular formula is C24H17F3N4O2. The predicted octanol–water partition coefficient (Wildman–Crippen LogP) is 5.48. The molecule has 0 bridgehead atoms. The van der Waals surface area contributed by atoms with Gasteiger partial charge in [0.25, 0.3) is 5.91 Å². The Kier molecular flexibility index (Phi) is 5.95. The topological polar surface area (TPSA) is 76.0 Å². The maximum Gasteiger partial charge on any atom is 0.471 e. The number of imidazole rings is 1. The number of para-hydroxylation sites is 2. The number of nitrogens with zero attached hydrogens (tertiary/aromatic N) is 2. The van der Waals surface area contributed by atoms with Crippen LogP contribution in [-0.2, 0) is 4.79 Å². The highest BCUT2D eigenvalue weighted by molar-refractivity contribution is 6.00. The van der Waals surface area contributed by atoms with Crippen molar-refractivity contribution in [1.82, 2.24) is 9.55 Å². The standard InChI is InChI=1S/C24H17F3N4O2/c25-24(26,27)22(33)28-18-13-7-8-14-19(18)29-23-30-20(16-9-3-1-4-10-16)15-31(23)21(32)17-11-5-2-6-12-17/h1-15H,(H,28,33)(H,29,30). The highest BCUT2D eigenvalue weighted by atomic mass is 19.4. The number of hydrogen-bond acceptors (Lipinski definition) is 4. The Morgan fingerprint density at radius 1 is 0.788 bits per heavy atom. The Balaban J connectivity index is 1.74. The van der Waals surface area contributed by atoms with Crippen molar-refractivity contribution in [2.45, 2.75) is 6.18 Å². The number of benzene rings is 3. The maximum absolute atomic E-state index is 13.2. The lowest BCUT2D eigenvalue weighted by Gasteiger charge is -2.14. The minimum absolute atomic E-state index is 0.0800. The molecule has 6 nitrogen and oxygen atoms in total. The van der Waals surface area contributed by atoms with Gasteiger partial charge in [0, 0.05) is 17.3 Å². The van der Waals surface area contributed by atoms with E-state index >= 15 is 0 Å². The van der Waals surface area contributed by atoms with E-state index in [0.717, 1.165) is 5.56 Å². The molecule has 0 unspecified atom stereocenters. The summed E-state index contributed by atoms with van der Waals surface area (Å²) in [5.41, 5.74) is 1.67. The number of amides is 1. The zero-order valence-electron chi connectivity index (χ0n) is 17.0. The van der Waals surface area contributed by atoms with E-state index in [1.54, 1.807) is 42.6 Å². The second kappa shape index (κ2) is 8.99. The van der Waals surface area contributed by atoms with Crippen molar-refractivity contribution < 1.29 is 22.8 Å². The number of rotatable bonds is 5. The molecule has 9 heteroatoms. The monoisotopic (exact) mass is 450 g/mol. The van der Waals surface area contributed by atoms with E-state index in [-0.39, 0.29) is 23.2 Å². The van der Waals surface area contributed by atoms with E-state index in [9.17, 15) is 22.8 Å². The van der Waals surface area contributed by atoms with Gasteiger partial charge < -0.3 is 10.6 Å². The normalized spacial score (nSPS) is 11.1. The Morgan fingerprint density at radius 2 is 1.36 bits per heavy atom. The molecule has 1 heterocycles. The summed E-state index contributed by atoms with van der Waals surface area (Å²) in [4.78, 5) is 29.1. The van der Waals surface area contributed by atoms with Crippen molar-refractivity contribution in [3.8, 4) is 11.3 Å². The largest absolute Gasteiger partial charge is 0.471 e. The SMILES string of the molecule is O=C(c1ccccc1)n1cc(-c2ccccc2)nc1Nc1ccccc1NC(=O)C(F)(F)F. The van der Waals surface area contributed by atoms with Crippen LogP contribution in [0.1, 0.15) is 10.4 Å². The average molecular weight is 450 g/mol. The molecule has 33 heavy (non-hydrogen) atoms. The van der Waals surface area contributed by atoms with Crippen LogP contribution in [0, 0.1) is 0 Å². The third kappa shape index (κ3) is 4.93. The van der Waals surface area contributed by atoms with Crippen molar-refractivity contribution in [2.75, 3.05) is 10.6 Å². The van der Waals surface area contributed by atoms with E-state index in [1.807, 2.05) is 35.6 Å². The Labute approximate surface area is 186 Å². The summed E-state index contributed by atoms with van der Waals surface area (Å²) in [6.45, 7) is 0. The van der Waals surface area contributed by atoms with Crippen LogP contribution in [0.3, 0.4) is 0 Å². The van der Waals surface area contributed by atoms with Crippen LogP contribution in [0.4, 0.5) is 30.5 Å². The summed E-state index contributed by atoms with van der Waals surface area (Å²) in [6.07, 6.45) is -3.50. The van der Waals surface area contributed by atoms with E-state index in [0.29, 0.717) is 11.3 Å². The molecule has 0 aliphatic carbocycles. The van der Waals surface area contributed by atoms with E-state index in [1.165, 1.54) is 22.8 Å². The van der Waals surface area contributed by atoms with Gasteiger partial charge in [0.05, 0.1) is 17.1 Å². The molecule has 0 aliphatic heterocycles. The van der Waals surface area contributed by atoms with Gasteiger partial charge in [-0.3, -0.25) is 14.2 Å².